The summed E-state index contributed by atoms with van der Waals surface area (Å²) in [5, 5.41) is 14.1. The second-order valence-electron chi connectivity index (χ2n) is 6.36. The second-order valence-corrected chi connectivity index (χ2v) is 6.36. The van der Waals surface area contributed by atoms with E-state index in [1.165, 1.54) is 0 Å². The summed E-state index contributed by atoms with van der Waals surface area (Å²) in [6.07, 6.45) is 1.23. The molecule has 3 N–H and O–H groups in total. The molecule has 0 aromatic heterocycles. The van der Waals surface area contributed by atoms with E-state index in [2.05, 4.69) is 10.6 Å². The highest BCUT2D eigenvalue weighted by Gasteiger charge is 2.44. The Hall–Kier alpha value is -1.63. The first kappa shape index (κ1) is 16.4. The number of rotatable bonds is 3. The van der Waals surface area contributed by atoms with Gasteiger partial charge in [0.15, 0.2) is 0 Å². The minimum absolute atomic E-state index is 0.0969. The number of carboxylic acids is 1. The maximum Gasteiger partial charge on any atom is 0.323 e. The van der Waals surface area contributed by atoms with Gasteiger partial charge in [0.25, 0.3) is 0 Å². The van der Waals surface area contributed by atoms with E-state index in [1.54, 1.807) is 32.6 Å². The molecule has 7 heteroatoms. The first-order valence-corrected chi connectivity index (χ1v) is 6.65. The van der Waals surface area contributed by atoms with Crippen LogP contribution in [0.5, 0.6) is 0 Å². The lowest BCUT2D eigenvalue weighted by Crippen LogP contribution is -2.54. The number of aliphatic carboxylic acids is 1. The topological polar surface area (TPSA) is 98.7 Å². The third-order valence-corrected chi connectivity index (χ3v) is 3.33. The zero-order valence-electron chi connectivity index (χ0n) is 12.4. The molecule has 1 fully saturated rings. The van der Waals surface area contributed by atoms with Gasteiger partial charge in [-0.2, -0.15) is 0 Å². The van der Waals surface area contributed by atoms with Gasteiger partial charge < -0.3 is 10.4 Å². The van der Waals surface area contributed by atoms with E-state index in [0.29, 0.717) is 13.0 Å². The highest BCUT2D eigenvalue weighted by atomic mass is 16.4. The maximum atomic E-state index is 11.8. The number of imide groups is 1. The number of carbonyl (C=O) groups excluding carboxylic acids is 2. The predicted octanol–water partition coefficient (Wildman–Crippen LogP) is 0.550. The van der Waals surface area contributed by atoms with Gasteiger partial charge in [-0.15, -0.1) is 0 Å². The van der Waals surface area contributed by atoms with Crippen LogP contribution in [0.4, 0.5) is 4.79 Å². The smallest absolute Gasteiger partial charge is 0.323 e. The summed E-state index contributed by atoms with van der Waals surface area (Å²) in [6, 6.07) is -0.571. The minimum atomic E-state index is -1.03. The van der Waals surface area contributed by atoms with Crippen LogP contribution in [-0.2, 0) is 9.59 Å². The van der Waals surface area contributed by atoms with Crippen molar-refractivity contribution in [1.82, 2.24) is 15.5 Å². The SMILES string of the molecule is CC(C)(C)NC(=O)NC(=O)CN1CCCC1(C)C(=O)O. The van der Waals surface area contributed by atoms with Gasteiger partial charge >= 0.3 is 12.0 Å². The predicted molar refractivity (Wildman–Crippen MR) is 73.3 cm³/mol. The Morgan fingerprint density at radius 2 is 1.90 bits per heavy atom. The van der Waals surface area contributed by atoms with Crippen LogP contribution in [0.25, 0.3) is 0 Å². The minimum Gasteiger partial charge on any atom is -0.480 e. The van der Waals surface area contributed by atoms with Crippen molar-refractivity contribution >= 4 is 17.9 Å². The first-order valence-electron chi connectivity index (χ1n) is 6.65. The van der Waals surface area contributed by atoms with Crippen LogP contribution in [-0.4, -0.2) is 52.1 Å². The van der Waals surface area contributed by atoms with E-state index in [4.69, 9.17) is 0 Å². The van der Waals surface area contributed by atoms with Crippen LogP contribution < -0.4 is 10.6 Å². The molecule has 1 aliphatic heterocycles. The third-order valence-electron chi connectivity index (χ3n) is 3.33. The van der Waals surface area contributed by atoms with Crippen LogP contribution in [0.2, 0.25) is 0 Å². The monoisotopic (exact) mass is 285 g/mol. The second kappa shape index (κ2) is 5.78. The zero-order chi connectivity index (χ0) is 15.6. The molecule has 1 rings (SSSR count). The van der Waals surface area contributed by atoms with Gasteiger partial charge in [0.2, 0.25) is 5.91 Å². The summed E-state index contributed by atoms with van der Waals surface area (Å²) in [6.45, 7) is 7.46. The van der Waals surface area contributed by atoms with Gasteiger partial charge in [0.05, 0.1) is 6.54 Å². The fourth-order valence-corrected chi connectivity index (χ4v) is 2.23. The van der Waals surface area contributed by atoms with Crippen LogP contribution >= 0.6 is 0 Å². The molecule has 1 unspecified atom stereocenters. The Kier molecular flexibility index (Phi) is 4.75. The summed E-state index contributed by atoms with van der Waals surface area (Å²) in [4.78, 5) is 36.2. The van der Waals surface area contributed by atoms with Gasteiger partial charge in [-0.1, -0.05) is 0 Å². The Balaban J connectivity index is 2.55. The average molecular weight is 285 g/mol. The van der Waals surface area contributed by atoms with Crippen molar-refractivity contribution in [2.45, 2.75) is 51.6 Å². The third kappa shape index (κ3) is 4.19. The molecule has 1 heterocycles. The molecule has 0 aliphatic carbocycles. The normalized spacial score (nSPS) is 23.4. The van der Waals surface area contributed by atoms with Gasteiger partial charge in [0.1, 0.15) is 5.54 Å². The molecule has 1 atom stereocenters. The zero-order valence-corrected chi connectivity index (χ0v) is 12.4. The van der Waals surface area contributed by atoms with Gasteiger partial charge in [-0.25, -0.2) is 4.79 Å². The first-order chi connectivity index (χ1) is 9.04. The molecule has 20 heavy (non-hydrogen) atoms. The lowest BCUT2D eigenvalue weighted by molar-refractivity contribution is -0.149. The number of nitrogens with zero attached hydrogens (tertiary/aromatic N) is 1. The van der Waals surface area contributed by atoms with Crippen LogP contribution in [0.1, 0.15) is 40.5 Å². The summed E-state index contributed by atoms with van der Waals surface area (Å²) in [5.41, 5.74) is -1.47. The van der Waals surface area contributed by atoms with E-state index >= 15 is 0 Å². The molecular weight excluding hydrogens is 262 g/mol. The fraction of sp³-hybridized carbons (Fsp3) is 0.769. The Morgan fingerprint density at radius 1 is 1.30 bits per heavy atom. The molecule has 0 aromatic rings. The van der Waals surface area contributed by atoms with Crippen LogP contribution in [0.15, 0.2) is 0 Å². The number of likely N-dealkylation sites (tertiary alicyclic amines) is 1. The molecule has 0 radical (unpaired) electrons. The number of carbonyl (C=O) groups is 3. The molecule has 0 saturated carbocycles. The van der Waals surface area contributed by atoms with Crippen molar-refractivity contribution in [3.8, 4) is 0 Å². The molecule has 1 aliphatic rings. The molecule has 3 amide bonds. The van der Waals surface area contributed by atoms with Gasteiger partial charge in [-0.05, 0) is 47.1 Å². The van der Waals surface area contributed by atoms with Crippen molar-refractivity contribution in [3.63, 3.8) is 0 Å². The summed E-state index contributed by atoms with van der Waals surface area (Å²) in [7, 11) is 0. The summed E-state index contributed by atoms with van der Waals surface area (Å²) >= 11 is 0. The standard InChI is InChI=1S/C13H23N3O4/c1-12(2,3)15-11(20)14-9(17)8-16-7-5-6-13(16,4)10(18)19/h5-8H2,1-4H3,(H,18,19)(H2,14,15,17,20). The Labute approximate surface area is 118 Å². The number of carboxylic acid groups (broad SMARTS) is 1. The Bertz CT molecular complexity index is 416. The Morgan fingerprint density at radius 3 is 2.40 bits per heavy atom. The van der Waals surface area contributed by atoms with E-state index in [-0.39, 0.29) is 6.54 Å². The van der Waals surface area contributed by atoms with E-state index in [1.807, 2.05) is 0 Å². The quantitative estimate of drug-likeness (QED) is 0.703. The highest BCUT2D eigenvalue weighted by Crippen LogP contribution is 2.28. The number of amides is 3. The van der Waals surface area contributed by atoms with Gasteiger partial charge in [-0.3, -0.25) is 19.8 Å². The number of urea groups is 1. The number of nitrogens with one attached hydrogen (secondary N) is 2. The lowest BCUT2D eigenvalue weighted by Gasteiger charge is -2.30. The number of hydrogen-bond acceptors (Lipinski definition) is 4. The van der Waals surface area contributed by atoms with Gasteiger partial charge in [0, 0.05) is 5.54 Å². The van der Waals surface area contributed by atoms with Crippen molar-refractivity contribution < 1.29 is 19.5 Å². The van der Waals surface area contributed by atoms with E-state index < -0.39 is 29.0 Å². The van der Waals surface area contributed by atoms with Crippen molar-refractivity contribution in [1.29, 1.82) is 0 Å². The van der Waals surface area contributed by atoms with Crippen molar-refractivity contribution in [2.24, 2.45) is 0 Å². The summed E-state index contributed by atoms with van der Waals surface area (Å²) in [5.74, 6) is -1.44. The molecule has 0 aromatic carbocycles. The molecule has 0 bridgehead atoms. The lowest BCUT2D eigenvalue weighted by atomic mass is 9.99. The molecular formula is C13H23N3O4. The summed E-state index contributed by atoms with van der Waals surface area (Å²) < 4.78 is 0. The van der Waals surface area contributed by atoms with Crippen LogP contribution in [0, 0.1) is 0 Å². The fourth-order valence-electron chi connectivity index (χ4n) is 2.23. The highest BCUT2D eigenvalue weighted by molar-refractivity contribution is 5.95. The van der Waals surface area contributed by atoms with E-state index in [0.717, 1.165) is 6.42 Å². The van der Waals surface area contributed by atoms with Crippen LogP contribution in [0.3, 0.4) is 0 Å². The number of hydrogen-bond donors (Lipinski definition) is 3. The maximum absolute atomic E-state index is 11.8. The van der Waals surface area contributed by atoms with Crippen molar-refractivity contribution in [3.05, 3.63) is 0 Å². The molecule has 114 valence electrons. The molecule has 7 nitrogen and oxygen atoms in total. The largest absolute Gasteiger partial charge is 0.480 e. The van der Waals surface area contributed by atoms with E-state index in [9.17, 15) is 19.5 Å². The van der Waals surface area contributed by atoms with Crippen molar-refractivity contribution in [2.75, 3.05) is 13.1 Å². The average Bonchev–Trinajstić information content (AvgIpc) is 2.58. The molecule has 1 saturated heterocycles. The molecule has 0 spiro atoms.